The third-order valence-corrected chi connectivity index (χ3v) is 6.24. The minimum absolute atomic E-state index is 0.00656. The number of nitrogens with zero attached hydrogens (tertiary/aromatic N) is 3. The van der Waals surface area contributed by atoms with Crippen molar-refractivity contribution in [3.8, 4) is 0 Å². The maximum absolute atomic E-state index is 13.8. The lowest BCUT2D eigenvalue weighted by Crippen LogP contribution is -2.38. The Kier molecular flexibility index (Phi) is 6.44. The number of pyridine rings is 1. The zero-order valence-corrected chi connectivity index (χ0v) is 19.2. The second-order valence-corrected chi connectivity index (χ2v) is 8.99. The van der Waals surface area contributed by atoms with Gasteiger partial charge in [-0.3, -0.25) is 19.1 Å². The smallest absolute Gasteiger partial charge is 0.329 e. The van der Waals surface area contributed by atoms with Crippen LogP contribution in [0.4, 0.5) is 4.39 Å². The number of aryl methyl sites for hydroxylation is 1. The van der Waals surface area contributed by atoms with Gasteiger partial charge in [-0.05, 0) is 55.4 Å². The number of carbonyl (C=O) groups excluding carboxylic acids is 1. The molecule has 1 unspecified atom stereocenters. The summed E-state index contributed by atoms with van der Waals surface area (Å²) in [5.74, 6) is -0.548. The van der Waals surface area contributed by atoms with Gasteiger partial charge < -0.3 is 4.90 Å². The molecule has 0 bridgehead atoms. The predicted octanol–water partition coefficient (Wildman–Crippen LogP) is 3.60. The highest BCUT2D eigenvalue weighted by Gasteiger charge is 2.32. The van der Waals surface area contributed by atoms with E-state index in [2.05, 4.69) is 9.97 Å². The van der Waals surface area contributed by atoms with E-state index in [4.69, 9.17) is 0 Å². The molecule has 1 saturated heterocycles. The first-order chi connectivity index (χ1) is 15.8. The molecule has 1 N–H and O–H groups in total. The van der Waals surface area contributed by atoms with Crippen LogP contribution in [0.1, 0.15) is 67.6 Å². The van der Waals surface area contributed by atoms with E-state index in [-0.39, 0.29) is 40.3 Å². The monoisotopic (exact) mass is 452 g/mol. The number of likely N-dealkylation sites (tertiary alicyclic amines) is 1. The van der Waals surface area contributed by atoms with E-state index in [1.54, 1.807) is 17.0 Å². The molecular weight excluding hydrogens is 423 g/mol. The lowest BCUT2D eigenvalue weighted by molar-refractivity contribution is 0.0738. The topological polar surface area (TPSA) is 88.1 Å². The molecule has 174 valence electrons. The molecule has 1 fully saturated rings. The van der Waals surface area contributed by atoms with Gasteiger partial charge in [-0.15, -0.1) is 0 Å². The summed E-state index contributed by atoms with van der Waals surface area (Å²) in [5, 5.41) is 0.147. The van der Waals surface area contributed by atoms with Gasteiger partial charge in [-0.25, -0.2) is 14.2 Å². The Morgan fingerprint density at radius 2 is 2.06 bits per heavy atom. The molecule has 0 saturated carbocycles. The molecule has 2 aromatic heterocycles. The number of rotatable bonds is 6. The number of H-pyrrole nitrogens is 1. The third-order valence-electron chi connectivity index (χ3n) is 6.24. The van der Waals surface area contributed by atoms with E-state index in [9.17, 15) is 18.8 Å². The number of aromatic amines is 1. The molecule has 3 aromatic rings. The minimum Gasteiger partial charge on any atom is -0.335 e. The SMILES string of the molecule is CCCn1c(=O)[nH]c(=O)c2c(C(=O)N3CCCC3Cc3cccc(F)c3)cc(C(C)C)nc21. The Morgan fingerprint density at radius 3 is 2.76 bits per heavy atom. The van der Waals surface area contributed by atoms with Crippen LogP contribution in [0.5, 0.6) is 0 Å². The van der Waals surface area contributed by atoms with E-state index in [1.165, 1.54) is 16.7 Å². The van der Waals surface area contributed by atoms with Gasteiger partial charge in [0.25, 0.3) is 11.5 Å². The second-order valence-electron chi connectivity index (χ2n) is 8.99. The molecule has 8 heteroatoms. The molecule has 4 rings (SSSR count). The van der Waals surface area contributed by atoms with Crippen LogP contribution in [-0.4, -0.2) is 37.9 Å². The van der Waals surface area contributed by atoms with Gasteiger partial charge >= 0.3 is 5.69 Å². The summed E-state index contributed by atoms with van der Waals surface area (Å²) >= 11 is 0. The summed E-state index contributed by atoms with van der Waals surface area (Å²) in [6.07, 6.45) is 2.86. The molecule has 1 atom stereocenters. The van der Waals surface area contributed by atoms with Crippen LogP contribution in [0, 0.1) is 5.82 Å². The normalized spacial score (nSPS) is 16.2. The average molecular weight is 453 g/mol. The van der Waals surface area contributed by atoms with E-state index < -0.39 is 11.2 Å². The van der Waals surface area contributed by atoms with Crippen molar-refractivity contribution in [1.29, 1.82) is 0 Å². The summed E-state index contributed by atoms with van der Waals surface area (Å²) in [6.45, 7) is 6.80. The molecule has 7 nitrogen and oxygen atoms in total. The van der Waals surface area contributed by atoms with Crippen molar-refractivity contribution < 1.29 is 9.18 Å². The van der Waals surface area contributed by atoms with Gasteiger partial charge in [0.15, 0.2) is 5.65 Å². The van der Waals surface area contributed by atoms with Gasteiger partial charge in [0, 0.05) is 24.8 Å². The first kappa shape index (κ1) is 22.9. The summed E-state index contributed by atoms with van der Waals surface area (Å²) < 4.78 is 15.1. The van der Waals surface area contributed by atoms with Crippen molar-refractivity contribution in [2.75, 3.05) is 6.54 Å². The van der Waals surface area contributed by atoms with Gasteiger partial charge in [0.05, 0.1) is 10.9 Å². The van der Waals surface area contributed by atoms with Crippen LogP contribution in [-0.2, 0) is 13.0 Å². The quantitative estimate of drug-likeness (QED) is 0.619. The summed E-state index contributed by atoms with van der Waals surface area (Å²) in [6, 6.07) is 8.02. The zero-order valence-electron chi connectivity index (χ0n) is 19.2. The number of benzene rings is 1. The fourth-order valence-electron chi connectivity index (χ4n) is 4.59. The van der Waals surface area contributed by atoms with Crippen molar-refractivity contribution in [2.45, 2.75) is 65.0 Å². The molecule has 1 amide bonds. The zero-order chi connectivity index (χ0) is 23.7. The number of hydrogen-bond acceptors (Lipinski definition) is 4. The second kappa shape index (κ2) is 9.29. The van der Waals surface area contributed by atoms with Crippen molar-refractivity contribution in [1.82, 2.24) is 19.4 Å². The first-order valence-electron chi connectivity index (χ1n) is 11.5. The molecule has 0 radical (unpaired) electrons. The first-order valence-corrected chi connectivity index (χ1v) is 11.5. The predicted molar refractivity (Wildman–Crippen MR) is 125 cm³/mol. The molecule has 0 spiro atoms. The van der Waals surface area contributed by atoms with Gasteiger partial charge in [0.1, 0.15) is 5.82 Å². The number of carbonyl (C=O) groups is 1. The maximum atomic E-state index is 13.8. The number of hydrogen-bond donors (Lipinski definition) is 1. The molecular formula is C25H29FN4O3. The minimum atomic E-state index is -0.602. The van der Waals surface area contributed by atoms with Crippen LogP contribution in [0.15, 0.2) is 39.9 Å². The Bertz CT molecular complexity index is 1310. The highest BCUT2D eigenvalue weighted by Crippen LogP contribution is 2.27. The largest absolute Gasteiger partial charge is 0.335 e. The number of fused-ring (bicyclic) bond motifs is 1. The average Bonchev–Trinajstić information content (AvgIpc) is 3.23. The highest BCUT2D eigenvalue weighted by molar-refractivity contribution is 6.05. The standard InChI is InChI=1S/C25H29FN4O3/c1-4-10-30-22-21(23(31)28-25(30)33)19(14-20(27-22)15(2)3)24(32)29-11-6-9-18(29)13-16-7-5-8-17(26)12-16/h5,7-8,12,14-15,18H,4,6,9-11,13H2,1-3H3,(H,28,31,33). The fourth-order valence-corrected chi connectivity index (χ4v) is 4.59. The summed E-state index contributed by atoms with van der Waals surface area (Å²) in [7, 11) is 0. The van der Waals surface area contributed by atoms with Gasteiger partial charge in [-0.1, -0.05) is 32.9 Å². The Labute approximate surface area is 191 Å². The Hall–Kier alpha value is -3.29. The van der Waals surface area contributed by atoms with Crippen LogP contribution >= 0.6 is 0 Å². The van der Waals surface area contributed by atoms with Crippen molar-refractivity contribution in [3.05, 3.63) is 73.8 Å². The van der Waals surface area contributed by atoms with Crippen molar-refractivity contribution in [2.24, 2.45) is 0 Å². The highest BCUT2D eigenvalue weighted by atomic mass is 19.1. The third kappa shape index (κ3) is 4.47. The van der Waals surface area contributed by atoms with Crippen LogP contribution in [0.2, 0.25) is 0 Å². The Morgan fingerprint density at radius 1 is 1.27 bits per heavy atom. The molecule has 3 heterocycles. The summed E-state index contributed by atoms with van der Waals surface area (Å²) in [5.41, 5.74) is 0.876. The van der Waals surface area contributed by atoms with Crippen LogP contribution in [0.3, 0.4) is 0 Å². The molecule has 1 aromatic carbocycles. The van der Waals surface area contributed by atoms with Crippen molar-refractivity contribution in [3.63, 3.8) is 0 Å². The van der Waals surface area contributed by atoms with Crippen molar-refractivity contribution >= 4 is 16.9 Å². The van der Waals surface area contributed by atoms with E-state index >= 15 is 0 Å². The molecule has 1 aliphatic rings. The fraction of sp³-hybridized carbons (Fsp3) is 0.440. The number of amides is 1. The van der Waals surface area contributed by atoms with Gasteiger partial charge in [-0.2, -0.15) is 0 Å². The maximum Gasteiger partial charge on any atom is 0.329 e. The van der Waals surface area contributed by atoms with Crippen LogP contribution < -0.4 is 11.2 Å². The molecule has 0 aliphatic carbocycles. The van der Waals surface area contributed by atoms with Crippen LogP contribution in [0.25, 0.3) is 11.0 Å². The van der Waals surface area contributed by atoms with E-state index in [0.717, 1.165) is 18.4 Å². The van der Waals surface area contributed by atoms with E-state index in [1.807, 2.05) is 26.8 Å². The number of halogens is 1. The Balaban J connectivity index is 1.82. The lowest BCUT2D eigenvalue weighted by Gasteiger charge is -2.26. The molecule has 1 aliphatic heterocycles. The molecule has 33 heavy (non-hydrogen) atoms. The number of aromatic nitrogens is 3. The number of nitrogens with one attached hydrogen (secondary N) is 1. The summed E-state index contributed by atoms with van der Waals surface area (Å²) in [4.78, 5) is 47.9. The van der Waals surface area contributed by atoms with E-state index in [0.29, 0.717) is 31.6 Å². The van der Waals surface area contributed by atoms with Gasteiger partial charge in [0.2, 0.25) is 0 Å². The lowest BCUT2D eigenvalue weighted by atomic mass is 10.0.